The molecule has 2 aromatic carbocycles. The lowest BCUT2D eigenvalue weighted by Gasteiger charge is -2.13. The number of hydrogen-bond donors (Lipinski definition) is 1. The molecule has 0 bridgehead atoms. The van der Waals surface area contributed by atoms with E-state index in [4.69, 9.17) is 7.85 Å². The first-order valence-electron chi connectivity index (χ1n) is 12.7. The fourth-order valence-electron chi connectivity index (χ4n) is 4.72. The van der Waals surface area contributed by atoms with E-state index in [9.17, 15) is 19.2 Å². The first-order chi connectivity index (χ1) is 19.8. The molecule has 4 heterocycles. The minimum Gasteiger partial charge on any atom is -0.296 e. The molecule has 202 valence electrons. The van der Waals surface area contributed by atoms with E-state index in [1.807, 2.05) is 55.5 Å². The largest absolute Gasteiger partial charge is 0.439 e. The van der Waals surface area contributed by atoms with Crippen LogP contribution in [0.5, 0.6) is 0 Å². The molecule has 0 saturated carbocycles. The molecule has 41 heavy (non-hydrogen) atoms. The Balaban J connectivity index is 1.39. The first kappa shape index (κ1) is 26.7. The van der Waals surface area contributed by atoms with Crippen molar-refractivity contribution in [2.45, 2.75) is 26.4 Å². The number of H-pyrrole nitrogens is 1. The third kappa shape index (κ3) is 4.96. The number of nitrogens with zero attached hydrogens (tertiary/aromatic N) is 3. The normalized spacial score (nSPS) is 11.3. The molecule has 12 heteroatoms. The lowest BCUT2D eigenvalue weighted by atomic mass is 9.96. The summed E-state index contributed by atoms with van der Waals surface area (Å²) in [6.07, 6.45) is 0.711. The van der Waals surface area contributed by atoms with Crippen LogP contribution in [0.15, 0.2) is 85.0 Å². The molecular formula is C29H21BN4O5S2. The van der Waals surface area contributed by atoms with Gasteiger partial charge >= 0.3 is 11.4 Å². The number of aryl methyl sites for hydroxylation is 1. The van der Waals surface area contributed by atoms with Gasteiger partial charge in [-0.05, 0) is 34.6 Å². The SMILES string of the molecule is [B]c1ccsc1C(=O)Cn1c(=O)c2cc(CC)sc2n(Cc2ccc(-c3ccccc3-c3noc(=O)[nH]3)cc2)c1=O. The Morgan fingerprint density at radius 2 is 1.78 bits per heavy atom. The van der Waals surface area contributed by atoms with Gasteiger partial charge in [-0.2, -0.15) is 0 Å². The minimum absolute atomic E-state index is 0.202. The molecule has 0 aliphatic heterocycles. The van der Waals surface area contributed by atoms with Gasteiger partial charge in [0.15, 0.2) is 11.6 Å². The molecule has 0 atom stereocenters. The van der Waals surface area contributed by atoms with Crippen molar-refractivity contribution in [2.24, 2.45) is 0 Å². The highest BCUT2D eigenvalue weighted by Gasteiger charge is 2.20. The third-order valence-electron chi connectivity index (χ3n) is 6.77. The fraction of sp³-hybridized carbons (Fsp3) is 0.138. The predicted molar refractivity (Wildman–Crippen MR) is 161 cm³/mol. The minimum atomic E-state index is -0.636. The van der Waals surface area contributed by atoms with E-state index in [1.54, 1.807) is 22.1 Å². The maximum atomic E-state index is 13.7. The number of aromatic amines is 1. The maximum Gasteiger partial charge on any atom is 0.439 e. The third-order valence-corrected chi connectivity index (χ3v) is 9.05. The van der Waals surface area contributed by atoms with Crippen molar-refractivity contribution in [1.29, 1.82) is 0 Å². The number of Topliss-reactive ketones (excluding diaryl/α,β-unsaturated/α-hetero) is 1. The van der Waals surface area contributed by atoms with E-state index in [1.165, 1.54) is 22.7 Å². The number of benzene rings is 2. The number of thiophene rings is 2. The number of aromatic nitrogens is 4. The average molecular weight is 580 g/mol. The van der Waals surface area contributed by atoms with Gasteiger partial charge in [0.1, 0.15) is 12.7 Å². The van der Waals surface area contributed by atoms with E-state index in [0.29, 0.717) is 38.4 Å². The molecule has 6 aromatic rings. The Labute approximate surface area is 241 Å². The molecule has 2 radical (unpaired) electrons. The number of carbonyl (C=O) groups is 1. The Kier molecular flexibility index (Phi) is 7.02. The van der Waals surface area contributed by atoms with Gasteiger partial charge in [-0.25, -0.2) is 9.59 Å². The zero-order valence-corrected chi connectivity index (χ0v) is 23.4. The average Bonchev–Trinajstić information content (AvgIpc) is 3.73. The number of hydrogen-bond acceptors (Lipinski definition) is 8. The topological polar surface area (TPSA) is 120 Å². The van der Waals surface area contributed by atoms with Crippen molar-refractivity contribution in [3.8, 4) is 22.5 Å². The number of fused-ring (bicyclic) bond motifs is 1. The molecule has 0 aliphatic carbocycles. The fourth-order valence-corrected chi connectivity index (χ4v) is 6.55. The van der Waals surface area contributed by atoms with Crippen molar-refractivity contribution in [3.63, 3.8) is 0 Å². The Morgan fingerprint density at radius 3 is 2.44 bits per heavy atom. The molecule has 1 N–H and O–H groups in total. The van der Waals surface area contributed by atoms with Gasteiger partial charge < -0.3 is 0 Å². The highest BCUT2D eigenvalue weighted by Crippen LogP contribution is 2.30. The van der Waals surface area contributed by atoms with Crippen LogP contribution in [0, 0.1) is 0 Å². The van der Waals surface area contributed by atoms with Gasteiger partial charge in [-0.15, -0.1) is 22.7 Å². The summed E-state index contributed by atoms with van der Waals surface area (Å²) < 4.78 is 7.23. The van der Waals surface area contributed by atoms with Crippen molar-refractivity contribution < 1.29 is 9.32 Å². The zero-order valence-electron chi connectivity index (χ0n) is 21.7. The molecule has 6 rings (SSSR count). The molecule has 0 spiro atoms. The van der Waals surface area contributed by atoms with Gasteiger partial charge in [0.05, 0.1) is 23.4 Å². The molecule has 0 aliphatic rings. The number of rotatable bonds is 8. The molecule has 0 amide bonds. The molecule has 4 aromatic heterocycles. The summed E-state index contributed by atoms with van der Waals surface area (Å²) in [6.45, 7) is 1.79. The van der Waals surface area contributed by atoms with Crippen molar-refractivity contribution in [1.82, 2.24) is 19.3 Å². The molecule has 0 unspecified atom stereocenters. The van der Waals surface area contributed by atoms with Crippen LogP contribution >= 0.6 is 22.7 Å². The van der Waals surface area contributed by atoms with E-state index in [-0.39, 0.29) is 12.3 Å². The smallest absolute Gasteiger partial charge is 0.296 e. The number of carbonyl (C=O) groups excluding carboxylic acids is 1. The number of ketones is 1. The van der Waals surface area contributed by atoms with Crippen LogP contribution in [0.2, 0.25) is 0 Å². The molecule has 0 saturated heterocycles. The predicted octanol–water partition coefficient (Wildman–Crippen LogP) is 3.58. The van der Waals surface area contributed by atoms with Crippen LogP contribution in [-0.4, -0.2) is 32.9 Å². The van der Waals surface area contributed by atoms with Gasteiger partial charge in [-0.3, -0.25) is 28.2 Å². The second kappa shape index (κ2) is 10.8. The summed E-state index contributed by atoms with van der Waals surface area (Å²) in [4.78, 5) is 56.0. The Morgan fingerprint density at radius 1 is 1.02 bits per heavy atom. The summed E-state index contributed by atoms with van der Waals surface area (Å²) in [6, 6.07) is 18.5. The summed E-state index contributed by atoms with van der Waals surface area (Å²) in [5.74, 6) is -0.692. The Bertz CT molecular complexity index is 2100. The zero-order chi connectivity index (χ0) is 28.7. The van der Waals surface area contributed by atoms with Crippen LogP contribution in [0.25, 0.3) is 32.7 Å². The van der Waals surface area contributed by atoms with Crippen LogP contribution < -0.4 is 22.5 Å². The van der Waals surface area contributed by atoms with Crippen molar-refractivity contribution >= 4 is 52.0 Å². The highest BCUT2D eigenvalue weighted by molar-refractivity contribution is 7.18. The molecular weight excluding hydrogens is 559 g/mol. The summed E-state index contributed by atoms with van der Waals surface area (Å²) in [7, 11) is 5.91. The van der Waals surface area contributed by atoms with Crippen molar-refractivity contribution in [2.75, 3.05) is 0 Å². The lowest BCUT2D eigenvalue weighted by molar-refractivity contribution is 0.0974. The van der Waals surface area contributed by atoms with E-state index in [0.717, 1.165) is 26.1 Å². The van der Waals surface area contributed by atoms with Crippen LogP contribution in [0.3, 0.4) is 0 Å². The van der Waals surface area contributed by atoms with Crippen LogP contribution in [0.1, 0.15) is 27.0 Å². The summed E-state index contributed by atoms with van der Waals surface area (Å²) in [5.41, 5.74) is 2.54. The quantitative estimate of drug-likeness (QED) is 0.217. The molecule has 0 fully saturated rings. The van der Waals surface area contributed by atoms with Gasteiger partial charge in [0.2, 0.25) is 0 Å². The first-order valence-corrected chi connectivity index (χ1v) is 14.4. The summed E-state index contributed by atoms with van der Waals surface area (Å²) in [5, 5.41) is 5.92. The van der Waals surface area contributed by atoms with E-state index in [2.05, 4.69) is 14.7 Å². The summed E-state index contributed by atoms with van der Waals surface area (Å²) >= 11 is 2.59. The maximum absolute atomic E-state index is 13.7. The standard InChI is InChI=1S/C29H21BN4O5S2/c1-2-18-13-21-26(36)33(15-23(35)24-22(30)11-12-40-24)29(38)34(27(21)41-18)14-16-7-9-17(10-8-16)19-5-3-4-6-20(19)25-31-28(37)39-32-25/h3-13H,2,14-15H2,1H3,(H,31,32,37). The van der Waals surface area contributed by atoms with Crippen molar-refractivity contribution in [3.05, 3.63) is 113 Å². The van der Waals surface area contributed by atoms with Gasteiger partial charge in [0, 0.05) is 10.4 Å². The van der Waals surface area contributed by atoms with E-state index < -0.39 is 23.5 Å². The second-order valence-electron chi connectivity index (χ2n) is 9.36. The van der Waals surface area contributed by atoms with Crippen LogP contribution in [-0.2, 0) is 19.5 Å². The van der Waals surface area contributed by atoms with Gasteiger partial charge in [0.25, 0.3) is 5.56 Å². The lowest BCUT2D eigenvalue weighted by Crippen LogP contribution is -2.41. The molecule has 9 nitrogen and oxygen atoms in total. The van der Waals surface area contributed by atoms with E-state index >= 15 is 0 Å². The van der Waals surface area contributed by atoms with Crippen LogP contribution in [0.4, 0.5) is 0 Å². The van der Waals surface area contributed by atoms with Gasteiger partial charge in [-0.1, -0.05) is 72.1 Å². The second-order valence-corrected chi connectivity index (χ2v) is 11.4. The Hall–Kier alpha value is -4.55. The highest BCUT2D eigenvalue weighted by atomic mass is 32.1. The number of nitrogens with one attached hydrogen (secondary N) is 1. The monoisotopic (exact) mass is 580 g/mol.